The van der Waals surface area contributed by atoms with Crippen molar-refractivity contribution in [3.05, 3.63) is 29.6 Å². The summed E-state index contributed by atoms with van der Waals surface area (Å²) in [6, 6.07) is 4.44. The maximum atomic E-state index is 4.52. The molecule has 1 aromatic heterocycles. The van der Waals surface area contributed by atoms with E-state index in [2.05, 4.69) is 58.4 Å². The van der Waals surface area contributed by atoms with E-state index in [0.717, 1.165) is 17.4 Å². The Morgan fingerprint density at radius 3 is 2.67 bits per heavy atom. The molecule has 0 fully saturated rings. The summed E-state index contributed by atoms with van der Waals surface area (Å²) in [5, 5.41) is 1.06. The molecular formula is C15H21BrN2. The molecule has 2 rings (SSSR count). The molecule has 2 nitrogen and oxygen atoms in total. The zero-order valence-corrected chi connectivity index (χ0v) is 13.0. The summed E-state index contributed by atoms with van der Waals surface area (Å²) in [6.45, 7) is 7.61. The molecule has 3 heteroatoms. The number of rotatable bonds is 5. The molecule has 0 radical (unpaired) electrons. The summed E-state index contributed by atoms with van der Waals surface area (Å²) in [4.78, 5) is 4.52. The van der Waals surface area contributed by atoms with E-state index < -0.39 is 0 Å². The molecule has 0 bridgehead atoms. The molecule has 0 aliphatic rings. The topological polar surface area (TPSA) is 17.8 Å². The van der Waals surface area contributed by atoms with E-state index in [-0.39, 0.29) is 0 Å². The van der Waals surface area contributed by atoms with E-state index in [1.807, 2.05) is 6.33 Å². The third-order valence-corrected chi connectivity index (χ3v) is 4.52. The van der Waals surface area contributed by atoms with Gasteiger partial charge in [-0.15, -0.1) is 0 Å². The van der Waals surface area contributed by atoms with Gasteiger partial charge in [-0.3, -0.25) is 0 Å². The second-order valence-corrected chi connectivity index (χ2v) is 5.78. The van der Waals surface area contributed by atoms with Crippen molar-refractivity contribution in [2.24, 2.45) is 5.92 Å². The highest BCUT2D eigenvalue weighted by molar-refractivity contribution is 9.09. The first-order chi connectivity index (χ1) is 8.65. The lowest BCUT2D eigenvalue weighted by Gasteiger charge is -2.14. The van der Waals surface area contributed by atoms with Crippen LogP contribution < -0.4 is 0 Å². The quantitative estimate of drug-likeness (QED) is 0.745. The van der Waals surface area contributed by atoms with Crippen LogP contribution in [-0.4, -0.2) is 14.9 Å². The molecule has 0 saturated carbocycles. The van der Waals surface area contributed by atoms with E-state index in [0.29, 0.717) is 5.92 Å². The van der Waals surface area contributed by atoms with Crippen LogP contribution in [0.1, 0.15) is 30.9 Å². The Labute approximate surface area is 118 Å². The lowest BCUT2D eigenvalue weighted by Crippen LogP contribution is -2.11. The first-order valence-corrected chi connectivity index (χ1v) is 7.76. The lowest BCUT2D eigenvalue weighted by atomic mass is 10.1. The molecule has 0 saturated heterocycles. The van der Waals surface area contributed by atoms with E-state index in [9.17, 15) is 0 Å². The van der Waals surface area contributed by atoms with Crippen molar-refractivity contribution < 1.29 is 0 Å². The minimum atomic E-state index is 0.689. The minimum absolute atomic E-state index is 0.689. The third-order valence-electron chi connectivity index (χ3n) is 3.61. The maximum Gasteiger partial charge on any atom is 0.0958 e. The van der Waals surface area contributed by atoms with Crippen LogP contribution in [0.5, 0.6) is 0 Å². The Balaban J connectivity index is 2.31. The van der Waals surface area contributed by atoms with Crippen molar-refractivity contribution in [2.45, 2.75) is 40.2 Å². The number of aryl methyl sites for hydroxylation is 2. The van der Waals surface area contributed by atoms with E-state index in [4.69, 9.17) is 0 Å². The lowest BCUT2D eigenvalue weighted by molar-refractivity contribution is 0.461. The second-order valence-electron chi connectivity index (χ2n) is 5.13. The van der Waals surface area contributed by atoms with Gasteiger partial charge in [-0.25, -0.2) is 4.98 Å². The number of hydrogen-bond acceptors (Lipinski definition) is 1. The summed E-state index contributed by atoms with van der Waals surface area (Å²) < 4.78 is 2.30. The number of halogens is 1. The first-order valence-electron chi connectivity index (χ1n) is 6.63. The zero-order valence-electron chi connectivity index (χ0n) is 11.4. The van der Waals surface area contributed by atoms with E-state index >= 15 is 0 Å². The highest BCUT2D eigenvalue weighted by atomic mass is 79.9. The molecule has 2 aromatic rings. The van der Waals surface area contributed by atoms with Gasteiger partial charge in [0.1, 0.15) is 0 Å². The highest BCUT2D eigenvalue weighted by Gasteiger charge is 2.10. The summed E-state index contributed by atoms with van der Waals surface area (Å²) in [5.41, 5.74) is 5.04. The van der Waals surface area contributed by atoms with Gasteiger partial charge in [0.05, 0.1) is 17.4 Å². The van der Waals surface area contributed by atoms with Gasteiger partial charge < -0.3 is 4.57 Å². The van der Waals surface area contributed by atoms with Crippen molar-refractivity contribution in [2.75, 3.05) is 5.33 Å². The van der Waals surface area contributed by atoms with Crippen molar-refractivity contribution in [1.29, 1.82) is 0 Å². The Bertz CT molecular complexity index is 531. The van der Waals surface area contributed by atoms with Gasteiger partial charge in [0.25, 0.3) is 0 Å². The van der Waals surface area contributed by atoms with Crippen molar-refractivity contribution in [3.8, 4) is 0 Å². The van der Waals surface area contributed by atoms with Crippen LogP contribution >= 0.6 is 15.9 Å². The molecule has 0 spiro atoms. The van der Waals surface area contributed by atoms with Crippen LogP contribution in [0.2, 0.25) is 0 Å². The van der Waals surface area contributed by atoms with Gasteiger partial charge in [-0.2, -0.15) is 0 Å². The van der Waals surface area contributed by atoms with Gasteiger partial charge in [0.2, 0.25) is 0 Å². The van der Waals surface area contributed by atoms with Crippen molar-refractivity contribution in [3.63, 3.8) is 0 Å². The number of imidazole rings is 1. The largest absolute Gasteiger partial charge is 0.330 e. The Morgan fingerprint density at radius 2 is 2.00 bits per heavy atom. The highest BCUT2D eigenvalue weighted by Crippen LogP contribution is 2.21. The number of fused-ring (bicyclic) bond motifs is 1. The van der Waals surface area contributed by atoms with Crippen LogP contribution in [-0.2, 0) is 6.54 Å². The SMILES string of the molecule is CCCC(CBr)Cn1cnc2cc(C)c(C)cc21. The second kappa shape index (κ2) is 5.87. The van der Waals surface area contributed by atoms with Gasteiger partial charge in [-0.05, 0) is 49.4 Å². The normalized spacial score (nSPS) is 13.1. The van der Waals surface area contributed by atoms with Gasteiger partial charge in [0.15, 0.2) is 0 Å². The smallest absolute Gasteiger partial charge is 0.0958 e. The summed E-state index contributed by atoms with van der Waals surface area (Å²) in [5.74, 6) is 0.689. The molecule has 0 aliphatic carbocycles. The number of nitrogens with zero attached hydrogens (tertiary/aromatic N) is 2. The Morgan fingerprint density at radius 1 is 1.28 bits per heavy atom. The number of aromatic nitrogens is 2. The summed E-state index contributed by atoms with van der Waals surface area (Å²) >= 11 is 3.62. The predicted molar refractivity (Wildman–Crippen MR) is 81.4 cm³/mol. The average molecular weight is 309 g/mol. The van der Waals surface area contributed by atoms with Crippen LogP contribution in [0.15, 0.2) is 18.5 Å². The van der Waals surface area contributed by atoms with Crippen LogP contribution in [0.25, 0.3) is 11.0 Å². The van der Waals surface area contributed by atoms with E-state index in [1.54, 1.807) is 0 Å². The predicted octanol–water partition coefficient (Wildman–Crippen LogP) is 4.46. The Kier molecular flexibility index (Phi) is 4.44. The molecule has 0 aliphatic heterocycles. The number of alkyl halides is 1. The van der Waals surface area contributed by atoms with Gasteiger partial charge >= 0.3 is 0 Å². The standard InChI is InChI=1S/C15H21BrN2/c1-4-5-13(8-16)9-18-10-17-14-6-11(2)12(3)7-15(14)18/h6-7,10,13H,4-5,8-9H2,1-3H3. The summed E-state index contributed by atoms with van der Waals surface area (Å²) in [6.07, 6.45) is 4.48. The van der Waals surface area contributed by atoms with Gasteiger partial charge in [-0.1, -0.05) is 29.3 Å². The monoisotopic (exact) mass is 308 g/mol. The fourth-order valence-electron chi connectivity index (χ4n) is 2.36. The minimum Gasteiger partial charge on any atom is -0.330 e. The van der Waals surface area contributed by atoms with Crippen LogP contribution in [0.4, 0.5) is 0 Å². The first kappa shape index (κ1) is 13.6. The molecule has 1 atom stereocenters. The van der Waals surface area contributed by atoms with E-state index in [1.165, 1.54) is 29.5 Å². The van der Waals surface area contributed by atoms with Crippen molar-refractivity contribution >= 4 is 27.0 Å². The average Bonchev–Trinajstić information content (AvgIpc) is 2.72. The molecule has 0 N–H and O–H groups in total. The van der Waals surface area contributed by atoms with Crippen LogP contribution in [0, 0.1) is 19.8 Å². The summed E-state index contributed by atoms with van der Waals surface area (Å²) in [7, 11) is 0. The molecule has 1 unspecified atom stereocenters. The Hall–Kier alpha value is -0.830. The zero-order chi connectivity index (χ0) is 13.1. The number of hydrogen-bond donors (Lipinski definition) is 0. The molecule has 18 heavy (non-hydrogen) atoms. The number of benzene rings is 1. The third kappa shape index (κ3) is 2.77. The van der Waals surface area contributed by atoms with Gasteiger partial charge in [0, 0.05) is 11.9 Å². The molecule has 98 valence electrons. The maximum absolute atomic E-state index is 4.52. The fourth-order valence-corrected chi connectivity index (χ4v) is 2.89. The molecule has 1 aromatic carbocycles. The fraction of sp³-hybridized carbons (Fsp3) is 0.533. The molecule has 1 heterocycles. The van der Waals surface area contributed by atoms with Crippen LogP contribution in [0.3, 0.4) is 0 Å². The van der Waals surface area contributed by atoms with Crippen molar-refractivity contribution in [1.82, 2.24) is 9.55 Å². The molecular weight excluding hydrogens is 288 g/mol. The molecule has 0 amide bonds.